The summed E-state index contributed by atoms with van der Waals surface area (Å²) >= 11 is 0. The van der Waals surface area contributed by atoms with E-state index in [9.17, 15) is 21.6 Å². The summed E-state index contributed by atoms with van der Waals surface area (Å²) in [6, 6.07) is 21.0. The van der Waals surface area contributed by atoms with Crippen LogP contribution >= 0.6 is 0 Å². The highest BCUT2D eigenvalue weighted by molar-refractivity contribution is 7.93. The highest BCUT2D eigenvalue weighted by atomic mass is 32.2. The van der Waals surface area contributed by atoms with Crippen LogP contribution in [-0.4, -0.2) is 56.8 Å². The van der Waals surface area contributed by atoms with E-state index in [0.717, 1.165) is 13.0 Å². The molecule has 0 amide bonds. The Morgan fingerprint density at radius 1 is 0.875 bits per heavy atom. The Morgan fingerprint density at radius 3 is 1.93 bits per heavy atom. The molecule has 0 saturated carbocycles. The predicted octanol–water partition coefficient (Wildman–Crippen LogP) is 6.21. The zero-order chi connectivity index (χ0) is 28.8. The van der Waals surface area contributed by atoms with E-state index in [4.69, 9.17) is 19.4 Å². The van der Waals surface area contributed by atoms with Gasteiger partial charge in [-0.2, -0.15) is 13.2 Å². The molecule has 3 aromatic rings. The van der Waals surface area contributed by atoms with Gasteiger partial charge in [-0.15, -0.1) is 0 Å². The van der Waals surface area contributed by atoms with Crippen LogP contribution in [0.15, 0.2) is 77.7 Å². The lowest BCUT2D eigenvalue weighted by atomic mass is 10.1. The molecule has 1 saturated heterocycles. The van der Waals surface area contributed by atoms with Gasteiger partial charge in [-0.05, 0) is 80.9 Å². The summed E-state index contributed by atoms with van der Waals surface area (Å²) < 4.78 is 72.3. The maximum absolute atomic E-state index is 13.7. The Hall–Kier alpha value is -3.77. The van der Waals surface area contributed by atoms with Crippen LogP contribution < -0.4 is 13.8 Å². The van der Waals surface area contributed by atoms with Gasteiger partial charge in [-0.3, -0.25) is 0 Å². The lowest BCUT2D eigenvalue weighted by Gasteiger charge is -2.31. The van der Waals surface area contributed by atoms with E-state index >= 15 is 0 Å². The molecule has 0 spiro atoms. The van der Waals surface area contributed by atoms with Crippen LogP contribution in [0.2, 0.25) is 0 Å². The first-order valence-electron chi connectivity index (χ1n) is 12.7. The molecule has 8 nitrogen and oxygen atoms in total. The summed E-state index contributed by atoms with van der Waals surface area (Å²) in [4.78, 5) is 11.6. The topological polar surface area (TPSA) is 96.4 Å². The summed E-state index contributed by atoms with van der Waals surface area (Å²) in [6.45, 7) is 4.02. The molecule has 12 heteroatoms. The maximum Gasteiger partial charge on any atom is 0.490 e. The van der Waals surface area contributed by atoms with E-state index in [2.05, 4.69) is 4.90 Å². The number of aliphatic carboxylic acids is 1. The number of carboxylic acid groups (broad SMARTS) is 1. The van der Waals surface area contributed by atoms with Gasteiger partial charge in [0.25, 0.3) is 10.0 Å². The number of ether oxygens (including phenoxy) is 2. The van der Waals surface area contributed by atoms with Crippen LogP contribution in [0.25, 0.3) is 0 Å². The summed E-state index contributed by atoms with van der Waals surface area (Å²) in [5.74, 6) is -1.07. The number of carbonyl (C=O) groups is 1. The van der Waals surface area contributed by atoms with Crippen molar-refractivity contribution in [3.05, 3.63) is 72.8 Å². The second-order valence-corrected chi connectivity index (χ2v) is 11.0. The second kappa shape index (κ2) is 12.6. The van der Waals surface area contributed by atoms with Gasteiger partial charge in [-0.1, -0.05) is 30.7 Å². The molecule has 5 rings (SSSR count). The number of halogens is 3. The van der Waals surface area contributed by atoms with Crippen molar-refractivity contribution in [2.75, 3.05) is 30.5 Å². The Morgan fingerprint density at radius 2 is 1.40 bits per heavy atom. The number of anilines is 2. The van der Waals surface area contributed by atoms with Crippen LogP contribution in [-0.2, 0) is 14.8 Å². The summed E-state index contributed by atoms with van der Waals surface area (Å²) in [5.41, 5.74) is 0.989. The van der Waals surface area contributed by atoms with E-state index < -0.39 is 22.2 Å². The zero-order valence-electron chi connectivity index (χ0n) is 21.5. The number of para-hydroxylation sites is 4. The standard InChI is InChI=1S/C26H28N2O4S.C2HF3O2/c29-33(30,28-23-9-2-4-11-25(23)32-26-12-5-3-10-24(26)28)22-15-13-21(14-16-22)31-20-8-19-27-17-6-1-7-18-27;3-2(4,5)1(6)7/h2-5,9-16H,1,6-8,17-20H2;(H,6,7). The smallest absolute Gasteiger partial charge is 0.490 e. The van der Waals surface area contributed by atoms with Crippen LogP contribution in [0.1, 0.15) is 25.7 Å². The van der Waals surface area contributed by atoms with Gasteiger partial charge in [0.2, 0.25) is 0 Å². The van der Waals surface area contributed by atoms with Crippen LogP contribution in [0.5, 0.6) is 17.2 Å². The highest BCUT2D eigenvalue weighted by Gasteiger charge is 2.38. The third-order valence-electron chi connectivity index (χ3n) is 6.33. The van der Waals surface area contributed by atoms with Crippen molar-refractivity contribution in [3.8, 4) is 17.2 Å². The van der Waals surface area contributed by atoms with Gasteiger partial charge < -0.3 is 19.5 Å². The minimum atomic E-state index is -5.08. The average molecular weight is 579 g/mol. The lowest BCUT2D eigenvalue weighted by Crippen LogP contribution is -2.31. The zero-order valence-corrected chi connectivity index (χ0v) is 22.3. The first-order valence-corrected chi connectivity index (χ1v) is 14.2. The van der Waals surface area contributed by atoms with Crippen molar-refractivity contribution in [3.63, 3.8) is 0 Å². The molecule has 3 aromatic carbocycles. The van der Waals surface area contributed by atoms with Crippen LogP contribution in [0.4, 0.5) is 24.5 Å². The number of fused-ring (bicyclic) bond motifs is 2. The van der Waals surface area contributed by atoms with E-state index in [1.807, 2.05) is 12.1 Å². The van der Waals surface area contributed by atoms with Crippen molar-refractivity contribution in [2.45, 2.75) is 36.8 Å². The van der Waals surface area contributed by atoms with Crippen LogP contribution in [0.3, 0.4) is 0 Å². The van der Waals surface area contributed by atoms with Crippen molar-refractivity contribution in [2.24, 2.45) is 0 Å². The molecular formula is C28H29F3N2O6S. The minimum absolute atomic E-state index is 0.203. The molecule has 2 aliphatic heterocycles. The number of nitrogens with zero attached hydrogens (tertiary/aromatic N) is 2. The van der Waals surface area contributed by atoms with Gasteiger partial charge >= 0.3 is 12.1 Å². The molecule has 40 heavy (non-hydrogen) atoms. The average Bonchev–Trinajstić information content (AvgIpc) is 2.94. The van der Waals surface area contributed by atoms with Gasteiger partial charge in [0.1, 0.15) is 17.1 Å². The van der Waals surface area contributed by atoms with Gasteiger partial charge in [0.15, 0.2) is 11.5 Å². The fourth-order valence-electron chi connectivity index (χ4n) is 4.40. The fraction of sp³-hybridized carbons (Fsp3) is 0.321. The maximum atomic E-state index is 13.7. The molecule has 2 aliphatic rings. The number of hydrogen-bond acceptors (Lipinski definition) is 6. The first-order chi connectivity index (χ1) is 19.1. The summed E-state index contributed by atoms with van der Waals surface area (Å²) in [6.07, 6.45) is -0.213. The Labute approximate surface area is 230 Å². The van der Waals surface area contributed by atoms with Crippen molar-refractivity contribution in [1.29, 1.82) is 0 Å². The molecule has 1 N–H and O–H groups in total. The molecule has 0 radical (unpaired) electrons. The second-order valence-electron chi connectivity index (χ2n) is 9.19. The molecular weight excluding hydrogens is 549 g/mol. The number of benzene rings is 3. The van der Waals surface area contributed by atoms with E-state index in [0.29, 0.717) is 35.2 Å². The van der Waals surface area contributed by atoms with Gasteiger partial charge in [0, 0.05) is 6.54 Å². The number of piperidine rings is 1. The molecule has 0 aliphatic carbocycles. The SMILES string of the molecule is O=C(O)C(F)(F)F.O=S(=O)(c1ccc(OCCCN2CCCCC2)cc1)N1c2ccccc2Oc2ccccc21. The third-order valence-corrected chi connectivity index (χ3v) is 8.07. The van der Waals surface area contributed by atoms with E-state index in [-0.39, 0.29) is 4.90 Å². The quantitative estimate of drug-likeness (QED) is 0.333. The fourth-order valence-corrected chi connectivity index (χ4v) is 5.91. The normalized spacial score (nSPS) is 15.1. The summed E-state index contributed by atoms with van der Waals surface area (Å²) in [5, 5.41) is 7.12. The lowest BCUT2D eigenvalue weighted by molar-refractivity contribution is -0.192. The molecule has 0 atom stereocenters. The number of sulfonamides is 1. The van der Waals surface area contributed by atoms with Crippen molar-refractivity contribution < 1.29 is 41.0 Å². The monoisotopic (exact) mass is 578 g/mol. The molecule has 0 unspecified atom stereocenters. The largest absolute Gasteiger partial charge is 0.494 e. The third kappa shape index (κ3) is 7.05. The Balaban J connectivity index is 0.000000470. The predicted molar refractivity (Wildman–Crippen MR) is 143 cm³/mol. The Bertz CT molecular complexity index is 1360. The number of rotatable bonds is 7. The molecule has 2 heterocycles. The number of carboxylic acids is 1. The van der Waals surface area contributed by atoms with Crippen LogP contribution in [0, 0.1) is 0 Å². The van der Waals surface area contributed by atoms with Gasteiger partial charge in [-0.25, -0.2) is 17.5 Å². The number of alkyl halides is 3. The number of hydrogen-bond donors (Lipinski definition) is 1. The Kier molecular flexibility index (Phi) is 9.21. The molecule has 0 aromatic heterocycles. The molecule has 0 bridgehead atoms. The first kappa shape index (κ1) is 29.2. The molecule has 1 fully saturated rings. The minimum Gasteiger partial charge on any atom is -0.494 e. The van der Waals surface area contributed by atoms with Crippen molar-refractivity contribution in [1.82, 2.24) is 4.90 Å². The van der Waals surface area contributed by atoms with E-state index in [1.54, 1.807) is 60.7 Å². The van der Waals surface area contributed by atoms with E-state index in [1.165, 1.54) is 36.7 Å². The summed E-state index contributed by atoms with van der Waals surface area (Å²) in [7, 11) is -3.85. The van der Waals surface area contributed by atoms with Gasteiger partial charge in [0.05, 0.1) is 11.5 Å². The molecule has 214 valence electrons. The number of likely N-dealkylation sites (tertiary alicyclic amines) is 1. The van der Waals surface area contributed by atoms with Crippen molar-refractivity contribution >= 4 is 27.4 Å². The highest BCUT2D eigenvalue weighted by Crippen LogP contribution is 2.48.